The number of thioether (sulfide) groups is 1. The van der Waals surface area contributed by atoms with E-state index < -0.39 is 5.25 Å². The number of hydrogen-bond acceptors (Lipinski definition) is 6. The first-order valence-corrected chi connectivity index (χ1v) is 8.95. The molecule has 0 bridgehead atoms. The molecule has 1 aliphatic heterocycles. The molecule has 7 nitrogen and oxygen atoms in total. The molecule has 0 N–H and O–H groups in total. The lowest BCUT2D eigenvalue weighted by molar-refractivity contribution is -0.121. The average Bonchev–Trinajstić information content (AvgIpc) is 3.22. The fraction of sp³-hybridized carbons (Fsp3) is 0.167. The summed E-state index contributed by atoms with van der Waals surface area (Å²) < 4.78 is 1.57. The highest BCUT2D eigenvalue weighted by Crippen LogP contribution is 2.33. The number of carbonyl (C=O) groups is 2. The highest BCUT2D eigenvalue weighted by atomic mass is 32.2. The first-order chi connectivity index (χ1) is 12.6. The lowest BCUT2D eigenvalue weighted by Gasteiger charge is -2.15. The molecular weight excluding hydrogens is 350 g/mol. The van der Waals surface area contributed by atoms with Crippen LogP contribution in [0.3, 0.4) is 0 Å². The number of aryl methyl sites for hydroxylation is 1. The summed E-state index contributed by atoms with van der Waals surface area (Å²) in [6.07, 6.45) is 0.124. The van der Waals surface area contributed by atoms with E-state index in [4.69, 9.17) is 0 Å². The molecule has 0 aliphatic carbocycles. The van der Waals surface area contributed by atoms with Crippen LogP contribution in [0.15, 0.2) is 59.8 Å². The number of nitrogens with zero attached hydrogens (tertiary/aromatic N) is 5. The molecule has 8 heteroatoms. The lowest BCUT2D eigenvalue weighted by Crippen LogP contribution is -2.31. The summed E-state index contributed by atoms with van der Waals surface area (Å²) in [5.74, 6) is -0.457. The minimum Gasteiger partial charge on any atom is -0.274 e. The van der Waals surface area contributed by atoms with Crippen molar-refractivity contribution >= 4 is 29.3 Å². The number of tetrazole rings is 1. The van der Waals surface area contributed by atoms with Crippen molar-refractivity contribution in [3.8, 4) is 5.69 Å². The zero-order valence-corrected chi connectivity index (χ0v) is 14.8. The van der Waals surface area contributed by atoms with Gasteiger partial charge in [-0.3, -0.25) is 9.59 Å². The van der Waals surface area contributed by atoms with Gasteiger partial charge in [0.15, 0.2) is 0 Å². The van der Waals surface area contributed by atoms with Crippen molar-refractivity contribution < 1.29 is 9.59 Å². The van der Waals surface area contributed by atoms with Crippen LogP contribution in [0.1, 0.15) is 12.0 Å². The van der Waals surface area contributed by atoms with Gasteiger partial charge in [0.2, 0.25) is 17.0 Å². The lowest BCUT2D eigenvalue weighted by atomic mass is 10.2. The molecule has 1 aliphatic rings. The van der Waals surface area contributed by atoms with Crippen LogP contribution in [-0.4, -0.2) is 37.3 Å². The normalized spacial score (nSPS) is 17.1. The smallest absolute Gasteiger partial charge is 0.247 e. The molecule has 0 saturated carbocycles. The van der Waals surface area contributed by atoms with Crippen molar-refractivity contribution in [2.45, 2.75) is 23.8 Å². The fourth-order valence-electron chi connectivity index (χ4n) is 2.77. The van der Waals surface area contributed by atoms with Gasteiger partial charge in [-0.15, -0.1) is 5.10 Å². The van der Waals surface area contributed by atoms with Crippen LogP contribution in [0.2, 0.25) is 0 Å². The largest absolute Gasteiger partial charge is 0.274 e. The number of amides is 2. The molecular formula is C18H15N5O2S. The van der Waals surface area contributed by atoms with Crippen LogP contribution in [0.25, 0.3) is 5.69 Å². The maximum Gasteiger partial charge on any atom is 0.247 e. The van der Waals surface area contributed by atoms with Gasteiger partial charge in [0.1, 0.15) is 5.25 Å². The van der Waals surface area contributed by atoms with Crippen molar-refractivity contribution in [3.05, 3.63) is 60.2 Å². The Kier molecular flexibility index (Phi) is 4.26. The van der Waals surface area contributed by atoms with E-state index >= 15 is 0 Å². The van der Waals surface area contributed by atoms with Gasteiger partial charge in [-0.25, -0.2) is 4.90 Å². The molecule has 3 aromatic rings. The van der Waals surface area contributed by atoms with Gasteiger partial charge in [-0.1, -0.05) is 47.7 Å². The van der Waals surface area contributed by atoms with Crippen LogP contribution in [0.4, 0.5) is 5.69 Å². The second-order valence-corrected chi connectivity index (χ2v) is 7.09. The van der Waals surface area contributed by atoms with Crippen LogP contribution < -0.4 is 4.90 Å². The third-order valence-corrected chi connectivity index (χ3v) is 5.20. The summed E-state index contributed by atoms with van der Waals surface area (Å²) >= 11 is 1.21. The molecule has 4 rings (SSSR count). The Bertz CT molecular complexity index is 955. The van der Waals surface area contributed by atoms with E-state index in [-0.39, 0.29) is 18.2 Å². The van der Waals surface area contributed by atoms with Gasteiger partial charge in [-0.2, -0.15) is 4.68 Å². The first kappa shape index (κ1) is 16.5. The Balaban J connectivity index is 1.57. The van der Waals surface area contributed by atoms with Crippen molar-refractivity contribution in [3.63, 3.8) is 0 Å². The molecule has 1 unspecified atom stereocenters. The van der Waals surface area contributed by atoms with Crippen LogP contribution in [-0.2, 0) is 9.59 Å². The predicted octanol–water partition coefficient (Wildman–Crippen LogP) is 2.39. The molecule has 26 heavy (non-hydrogen) atoms. The molecule has 0 spiro atoms. The summed E-state index contributed by atoms with van der Waals surface area (Å²) in [4.78, 5) is 26.4. The van der Waals surface area contributed by atoms with E-state index in [0.717, 1.165) is 11.3 Å². The van der Waals surface area contributed by atoms with Gasteiger partial charge >= 0.3 is 0 Å². The topological polar surface area (TPSA) is 81.0 Å². The Labute approximate surface area is 154 Å². The third-order valence-electron chi connectivity index (χ3n) is 4.09. The van der Waals surface area contributed by atoms with E-state index in [1.54, 1.807) is 16.8 Å². The van der Waals surface area contributed by atoms with Crippen molar-refractivity contribution in [2.75, 3.05) is 4.90 Å². The molecule has 2 heterocycles. The predicted molar refractivity (Wildman–Crippen MR) is 97.1 cm³/mol. The Morgan fingerprint density at radius 1 is 1.00 bits per heavy atom. The average molecular weight is 365 g/mol. The maximum absolute atomic E-state index is 12.8. The van der Waals surface area contributed by atoms with Crippen molar-refractivity contribution in [2.24, 2.45) is 0 Å². The van der Waals surface area contributed by atoms with Gasteiger partial charge in [0.25, 0.3) is 0 Å². The number of rotatable bonds is 4. The van der Waals surface area contributed by atoms with Gasteiger partial charge in [-0.05, 0) is 41.6 Å². The first-order valence-electron chi connectivity index (χ1n) is 8.07. The molecule has 1 atom stereocenters. The number of benzene rings is 2. The zero-order valence-electron chi connectivity index (χ0n) is 13.9. The van der Waals surface area contributed by atoms with Crippen molar-refractivity contribution in [1.29, 1.82) is 0 Å². The van der Waals surface area contributed by atoms with Crippen molar-refractivity contribution in [1.82, 2.24) is 20.2 Å². The van der Waals surface area contributed by atoms with Crippen LogP contribution in [0.5, 0.6) is 0 Å². The summed E-state index contributed by atoms with van der Waals surface area (Å²) in [7, 11) is 0. The summed E-state index contributed by atoms with van der Waals surface area (Å²) in [5, 5.41) is 11.6. The molecule has 130 valence electrons. The van der Waals surface area contributed by atoms with Crippen LogP contribution >= 0.6 is 11.8 Å². The molecule has 1 aromatic heterocycles. The Morgan fingerprint density at radius 2 is 1.73 bits per heavy atom. The number of carbonyl (C=O) groups excluding carboxylic acids is 2. The van der Waals surface area contributed by atoms with Gasteiger partial charge < -0.3 is 0 Å². The van der Waals surface area contributed by atoms with E-state index in [9.17, 15) is 9.59 Å². The van der Waals surface area contributed by atoms with Crippen LogP contribution in [0, 0.1) is 6.92 Å². The summed E-state index contributed by atoms with van der Waals surface area (Å²) in [5.41, 5.74) is 2.46. The van der Waals surface area contributed by atoms with E-state index in [0.29, 0.717) is 10.8 Å². The van der Waals surface area contributed by atoms with E-state index in [2.05, 4.69) is 15.5 Å². The SMILES string of the molecule is Cc1ccc(N2C(=O)CC(Sc3nnnn3-c3ccccc3)C2=O)cc1. The molecule has 0 radical (unpaired) electrons. The fourth-order valence-corrected chi connectivity index (χ4v) is 3.78. The quantitative estimate of drug-likeness (QED) is 0.661. The minimum atomic E-state index is -0.544. The monoisotopic (exact) mass is 365 g/mol. The Morgan fingerprint density at radius 3 is 2.46 bits per heavy atom. The molecule has 1 saturated heterocycles. The van der Waals surface area contributed by atoms with Gasteiger partial charge in [0.05, 0.1) is 11.4 Å². The number of aromatic nitrogens is 4. The summed E-state index contributed by atoms with van der Waals surface area (Å²) in [6, 6.07) is 16.8. The summed E-state index contributed by atoms with van der Waals surface area (Å²) in [6.45, 7) is 1.96. The number of para-hydroxylation sites is 1. The molecule has 1 fully saturated rings. The number of hydrogen-bond donors (Lipinski definition) is 0. The molecule has 2 amide bonds. The van der Waals surface area contributed by atoms with E-state index in [1.807, 2.05) is 49.4 Å². The minimum absolute atomic E-state index is 0.124. The third kappa shape index (κ3) is 2.99. The zero-order chi connectivity index (χ0) is 18.1. The Hall–Kier alpha value is -3.00. The highest BCUT2D eigenvalue weighted by molar-refractivity contribution is 8.00. The number of imide groups is 1. The van der Waals surface area contributed by atoms with E-state index in [1.165, 1.54) is 16.7 Å². The maximum atomic E-state index is 12.8. The van der Waals surface area contributed by atoms with Gasteiger partial charge in [0, 0.05) is 6.42 Å². The molecule has 2 aromatic carbocycles. The highest BCUT2D eigenvalue weighted by Gasteiger charge is 2.41. The second-order valence-electron chi connectivity index (χ2n) is 5.92. The number of anilines is 1. The standard InChI is InChI=1S/C18H15N5O2S/c1-12-7-9-13(10-8-12)22-16(24)11-15(17(22)25)26-18-19-20-21-23(18)14-5-3-2-4-6-14/h2-10,15H,11H2,1H3. The second kappa shape index (κ2) is 6.72.